The molecule has 150 valence electrons. The molecule has 0 bridgehead atoms. The van der Waals surface area contributed by atoms with Gasteiger partial charge in [0.25, 0.3) is 0 Å². The van der Waals surface area contributed by atoms with Gasteiger partial charge in [-0.2, -0.15) is 5.26 Å². The van der Waals surface area contributed by atoms with E-state index in [9.17, 15) is 18.8 Å². The van der Waals surface area contributed by atoms with Gasteiger partial charge in [-0.1, -0.05) is 50.3 Å². The van der Waals surface area contributed by atoms with Crippen molar-refractivity contribution in [3.05, 3.63) is 72.8 Å². The Morgan fingerprint density at radius 1 is 1.17 bits per heavy atom. The van der Waals surface area contributed by atoms with E-state index >= 15 is 0 Å². The molecule has 0 heterocycles. The van der Waals surface area contributed by atoms with Gasteiger partial charge in [-0.15, -0.1) is 6.58 Å². The SMILES string of the molecule is C=CC1(C(=O)OC(C#N)c2cccc(Oc3ccccc3)c2)C(C(F)F)C1(C)C. The molecule has 1 aliphatic carbocycles. The van der Waals surface area contributed by atoms with Crippen molar-refractivity contribution < 1.29 is 23.0 Å². The summed E-state index contributed by atoms with van der Waals surface area (Å²) in [5.74, 6) is -1.00. The number of halogens is 2. The first-order valence-electron chi connectivity index (χ1n) is 9.13. The van der Waals surface area contributed by atoms with Crippen molar-refractivity contribution in [1.82, 2.24) is 0 Å². The molecule has 1 fully saturated rings. The first-order valence-corrected chi connectivity index (χ1v) is 9.13. The highest BCUT2D eigenvalue weighted by molar-refractivity contribution is 5.85. The number of para-hydroxylation sites is 1. The lowest BCUT2D eigenvalue weighted by molar-refractivity contribution is -0.153. The molecule has 2 aromatic rings. The molecule has 1 saturated carbocycles. The van der Waals surface area contributed by atoms with Gasteiger partial charge in [0.05, 0.1) is 0 Å². The second-order valence-corrected chi connectivity index (χ2v) is 7.51. The Balaban J connectivity index is 1.80. The van der Waals surface area contributed by atoms with Gasteiger partial charge in [0.2, 0.25) is 12.5 Å². The molecule has 3 rings (SSSR count). The number of nitrogens with zero attached hydrogens (tertiary/aromatic N) is 1. The van der Waals surface area contributed by atoms with Gasteiger partial charge < -0.3 is 9.47 Å². The summed E-state index contributed by atoms with van der Waals surface area (Å²) in [6.45, 7) is 6.72. The van der Waals surface area contributed by atoms with Crippen LogP contribution in [0, 0.1) is 28.1 Å². The Labute approximate surface area is 168 Å². The summed E-state index contributed by atoms with van der Waals surface area (Å²) in [5, 5.41) is 9.53. The van der Waals surface area contributed by atoms with E-state index in [4.69, 9.17) is 9.47 Å². The molecule has 2 aromatic carbocycles. The molecule has 0 aliphatic heterocycles. The normalized spacial score (nSPS) is 23.0. The second-order valence-electron chi connectivity index (χ2n) is 7.51. The van der Waals surface area contributed by atoms with E-state index in [0.29, 0.717) is 17.1 Å². The number of esters is 1. The van der Waals surface area contributed by atoms with Gasteiger partial charge in [0.1, 0.15) is 23.0 Å². The molecular formula is C23H21F2NO3. The third-order valence-electron chi connectivity index (χ3n) is 5.64. The zero-order chi connectivity index (χ0) is 21.2. The average Bonchev–Trinajstić information content (AvgIpc) is 3.23. The van der Waals surface area contributed by atoms with E-state index in [-0.39, 0.29) is 0 Å². The van der Waals surface area contributed by atoms with E-state index in [1.54, 1.807) is 50.2 Å². The minimum Gasteiger partial charge on any atom is -0.457 e. The number of carbonyl (C=O) groups is 1. The standard InChI is InChI=1S/C23H21F2NO3/c1-4-23(19(20(24)25)22(23,2)3)21(27)29-18(14-26)15-9-8-12-17(13-15)28-16-10-6-5-7-11-16/h4-13,18-20H,1H2,2-3H3. The first-order chi connectivity index (χ1) is 13.8. The number of carbonyl (C=O) groups excluding carboxylic acids is 1. The van der Waals surface area contributed by atoms with E-state index < -0.39 is 35.2 Å². The molecule has 0 amide bonds. The molecule has 4 nitrogen and oxygen atoms in total. The maximum absolute atomic E-state index is 13.4. The molecular weight excluding hydrogens is 376 g/mol. The van der Waals surface area contributed by atoms with Crippen LogP contribution >= 0.6 is 0 Å². The molecule has 0 saturated heterocycles. The van der Waals surface area contributed by atoms with Crippen LogP contribution in [0.3, 0.4) is 0 Å². The minimum atomic E-state index is -2.70. The number of rotatable bonds is 7. The van der Waals surface area contributed by atoms with E-state index in [1.807, 2.05) is 24.3 Å². The largest absolute Gasteiger partial charge is 0.457 e. The molecule has 0 radical (unpaired) electrons. The summed E-state index contributed by atoms with van der Waals surface area (Å²) < 4.78 is 37.9. The summed E-state index contributed by atoms with van der Waals surface area (Å²) in [4.78, 5) is 12.8. The van der Waals surface area contributed by atoms with Crippen molar-refractivity contribution in [2.75, 3.05) is 0 Å². The van der Waals surface area contributed by atoms with Crippen LogP contribution in [0.25, 0.3) is 0 Å². The Bertz CT molecular complexity index is 952. The van der Waals surface area contributed by atoms with Gasteiger partial charge in [-0.3, -0.25) is 4.79 Å². The van der Waals surface area contributed by atoms with Crippen LogP contribution in [0.15, 0.2) is 67.3 Å². The maximum atomic E-state index is 13.4. The van der Waals surface area contributed by atoms with Crippen LogP contribution in [0.1, 0.15) is 25.5 Å². The minimum absolute atomic E-state index is 0.389. The van der Waals surface area contributed by atoms with E-state index in [1.165, 1.54) is 6.08 Å². The van der Waals surface area contributed by atoms with Crippen LogP contribution in [0.5, 0.6) is 11.5 Å². The van der Waals surface area contributed by atoms with Gasteiger partial charge in [0, 0.05) is 11.5 Å². The predicted molar refractivity (Wildman–Crippen MR) is 103 cm³/mol. The van der Waals surface area contributed by atoms with Gasteiger partial charge in [-0.05, 0) is 29.7 Å². The Morgan fingerprint density at radius 2 is 1.83 bits per heavy atom. The second kappa shape index (κ2) is 7.67. The summed E-state index contributed by atoms with van der Waals surface area (Å²) in [6.07, 6.45) is -2.73. The number of benzene rings is 2. The molecule has 3 atom stereocenters. The third-order valence-corrected chi connectivity index (χ3v) is 5.64. The van der Waals surface area contributed by atoms with Crippen molar-refractivity contribution >= 4 is 5.97 Å². The number of alkyl halides is 2. The molecule has 0 spiro atoms. The van der Waals surface area contributed by atoms with Gasteiger partial charge in [0.15, 0.2) is 0 Å². The molecule has 0 aromatic heterocycles. The van der Waals surface area contributed by atoms with Gasteiger partial charge >= 0.3 is 5.97 Å². The average molecular weight is 397 g/mol. The Hall–Kier alpha value is -3.20. The lowest BCUT2D eigenvalue weighted by atomic mass is 9.96. The van der Waals surface area contributed by atoms with Gasteiger partial charge in [-0.25, -0.2) is 8.78 Å². The fraction of sp³-hybridized carbons (Fsp3) is 0.304. The molecule has 29 heavy (non-hydrogen) atoms. The Morgan fingerprint density at radius 3 is 2.38 bits per heavy atom. The highest BCUT2D eigenvalue weighted by Crippen LogP contribution is 2.72. The molecule has 0 N–H and O–H groups in total. The molecule has 3 unspecified atom stereocenters. The topological polar surface area (TPSA) is 59.3 Å². The highest BCUT2D eigenvalue weighted by atomic mass is 19.3. The van der Waals surface area contributed by atoms with Crippen molar-refractivity contribution in [2.45, 2.75) is 26.4 Å². The van der Waals surface area contributed by atoms with Crippen molar-refractivity contribution in [1.29, 1.82) is 5.26 Å². The zero-order valence-corrected chi connectivity index (χ0v) is 16.1. The fourth-order valence-electron chi connectivity index (χ4n) is 3.95. The van der Waals surface area contributed by atoms with E-state index in [2.05, 4.69) is 6.58 Å². The smallest absolute Gasteiger partial charge is 0.318 e. The fourth-order valence-corrected chi connectivity index (χ4v) is 3.95. The van der Waals surface area contributed by atoms with Crippen molar-refractivity contribution in [3.8, 4) is 17.6 Å². The number of hydrogen-bond acceptors (Lipinski definition) is 4. The zero-order valence-electron chi connectivity index (χ0n) is 16.1. The monoisotopic (exact) mass is 397 g/mol. The third kappa shape index (κ3) is 3.49. The lowest BCUT2D eigenvalue weighted by Crippen LogP contribution is -2.25. The number of nitriles is 1. The van der Waals surface area contributed by atoms with Crippen LogP contribution in [0.2, 0.25) is 0 Å². The highest BCUT2D eigenvalue weighted by Gasteiger charge is 2.78. The van der Waals surface area contributed by atoms with Crippen molar-refractivity contribution in [3.63, 3.8) is 0 Å². The van der Waals surface area contributed by atoms with E-state index in [0.717, 1.165) is 0 Å². The van der Waals surface area contributed by atoms with Crippen LogP contribution in [0.4, 0.5) is 8.78 Å². The quantitative estimate of drug-likeness (QED) is 0.445. The Kier molecular flexibility index (Phi) is 5.43. The molecule has 1 aliphatic rings. The maximum Gasteiger partial charge on any atom is 0.318 e. The lowest BCUT2D eigenvalue weighted by Gasteiger charge is -2.18. The summed E-state index contributed by atoms with van der Waals surface area (Å²) >= 11 is 0. The number of hydrogen-bond donors (Lipinski definition) is 0. The first kappa shape index (κ1) is 20.5. The number of ether oxygens (including phenoxy) is 2. The van der Waals surface area contributed by atoms with Crippen LogP contribution < -0.4 is 4.74 Å². The van der Waals surface area contributed by atoms with Crippen LogP contribution in [-0.4, -0.2) is 12.4 Å². The van der Waals surface area contributed by atoms with Crippen molar-refractivity contribution in [2.24, 2.45) is 16.7 Å². The summed E-state index contributed by atoms with van der Waals surface area (Å²) in [6, 6.07) is 17.5. The summed E-state index contributed by atoms with van der Waals surface area (Å²) in [7, 11) is 0. The predicted octanol–water partition coefficient (Wildman–Crippen LogP) is 5.68. The molecule has 6 heteroatoms. The summed E-state index contributed by atoms with van der Waals surface area (Å²) in [5.41, 5.74) is -2.13. The van der Waals surface area contributed by atoms with Crippen LogP contribution in [-0.2, 0) is 9.53 Å².